The normalized spacial score (nSPS) is 14.9. The number of carbonyl (C=O) groups is 1. The predicted molar refractivity (Wildman–Crippen MR) is 160 cm³/mol. The fourth-order valence-corrected chi connectivity index (χ4v) is 5.02. The number of nitrogens with zero attached hydrogens (tertiary/aromatic N) is 5. The smallest absolute Gasteiger partial charge is 0.246 e. The molecule has 1 saturated heterocycles. The van der Waals surface area contributed by atoms with Crippen molar-refractivity contribution in [1.29, 1.82) is 0 Å². The van der Waals surface area contributed by atoms with Crippen molar-refractivity contribution < 1.29 is 9.53 Å². The quantitative estimate of drug-likeness (QED) is 0.209. The first kappa shape index (κ1) is 26.1. The summed E-state index contributed by atoms with van der Waals surface area (Å²) in [5, 5.41) is 6.80. The first-order valence-corrected chi connectivity index (χ1v) is 13.7. The number of para-hydroxylation sites is 1. The summed E-state index contributed by atoms with van der Waals surface area (Å²) in [6.07, 6.45) is 5.00. The average molecular weight is 546 g/mol. The largest absolute Gasteiger partial charge is 0.457 e. The summed E-state index contributed by atoms with van der Waals surface area (Å²) in [6, 6.07) is 27.5. The van der Waals surface area contributed by atoms with E-state index in [9.17, 15) is 4.79 Å². The molecule has 9 nitrogen and oxygen atoms in total. The lowest BCUT2D eigenvalue weighted by Gasteiger charge is -2.32. The zero-order valence-electron chi connectivity index (χ0n) is 22.6. The van der Waals surface area contributed by atoms with Crippen molar-refractivity contribution in [2.24, 2.45) is 0 Å². The molecule has 9 heteroatoms. The number of likely N-dealkylation sites (tertiary alicyclic amines) is 1. The van der Waals surface area contributed by atoms with Crippen LogP contribution in [0, 0.1) is 0 Å². The van der Waals surface area contributed by atoms with E-state index >= 15 is 0 Å². The van der Waals surface area contributed by atoms with Crippen molar-refractivity contribution in [3.63, 3.8) is 0 Å². The molecule has 2 N–H and O–H groups in total. The molecule has 0 bridgehead atoms. The highest BCUT2D eigenvalue weighted by atomic mass is 16.5. The molecular weight excluding hydrogens is 514 g/mol. The van der Waals surface area contributed by atoms with Gasteiger partial charge in [-0.2, -0.15) is 9.97 Å². The van der Waals surface area contributed by atoms with Crippen LogP contribution >= 0.6 is 0 Å². The Hall–Kier alpha value is -5.18. The number of piperidine rings is 1. The molecule has 0 spiro atoms. The lowest BCUT2D eigenvalue weighted by Crippen LogP contribution is -2.39. The van der Waals surface area contributed by atoms with Gasteiger partial charge in [-0.3, -0.25) is 4.79 Å². The van der Waals surface area contributed by atoms with E-state index in [4.69, 9.17) is 19.7 Å². The third-order valence-corrected chi connectivity index (χ3v) is 7.09. The van der Waals surface area contributed by atoms with Gasteiger partial charge in [0.2, 0.25) is 11.9 Å². The zero-order chi connectivity index (χ0) is 28.0. The molecule has 1 amide bonds. The molecule has 1 aliphatic rings. The Morgan fingerprint density at radius 2 is 1.71 bits per heavy atom. The van der Waals surface area contributed by atoms with Crippen LogP contribution in [-0.4, -0.2) is 43.4 Å². The minimum Gasteiger partial charge on any atom is -0.457 e. The maximum Gasteiger partial charge on any atom is 0.246 e. The fourth-order valence-electron chi connectivity index (χ4n) is 5.02. The van der Waals surface area contributed by atoms with E-state index in [1.165, 1.54) is 6.08 Å². The van der Waals surface area contributed by atoms with Crippen LogP contribution in [0.4, 0.5) is 17.5 Å². The van der Waals surface area contributed by atoms with Crippen molar-refractivity contribution in [3.05, 3.63) is 109 Å². The number of fused-ring (bicyclic) bond motifs is 1. The van der Waals surface area contributed by atoms with Crippen molar-refractivity contribution in [2.75, 3.05) is 23.7 Å². The van der Waals surface area contributed by atoms with Crippen LogP contribution in [0.1, 0.15) is 24.4 Å². The van der Waals surface area contributed by atoms with Crippen LogP contribution < -0.4 is 15.4 Å². The second-order valence-corrected chi connectivity index (χ2v) is 9.91. The fraction of sp³-hybridized carbons (Fsp3) is 0.188. The Labute approximate surface area is 238 Å². The van der Waals surface area contributed by atoms with Crippen molar-refractivity contribution in [1.82, 2.24) is 24.4 Å². The summed E-state index contributed by atoms with van der Waals surface area (Å²) in [5.74, 6) is 2.54. The summed E-state index contributed by atoms with van der Waals surface area (Å²) < 4.78 is 7.99. The SMILES string of the molecule is C=CC(=O)N1CCC[C@H](n2cnc3c(NCc4ccccc4)nc(Nc4ccc(Oc5ccccc5)cc4)nc32)C1. The van der Waals surface area contributed by atoms with Crippen LogP contribution in [0.15, 0.2) is 104 Å². The number of amides is 1. The molecule has 3 aromatic carbocycles. The number of anilines is 3. The van der Waals surface area contributed by atoms with Gasteiger partial charge in [0, 0.05) is 25.3 Å². The molecule has 2 aromatic heterocycles. The summed E-state index contributed by atoms with van der Waals surface area (Å²) in [5.41, 5.74) is 3.35. The third kappa shape index (κ3) is 6.04. The lowest BCUT2D eigenvalue weighted by molar-refractivity contribution is -0.127. The first-order chi connectivity index (χ1) is 20.2. The number of imidazole rings is 1. The Morgan fingerprint density at radius 1 is 0.976 bits per heavy atom. The maximum absolute atomic E-state index is 12.3. The number of ether oxygens (including phenoxy) is 1. The van der Waals surface area contributed by atoms with Crippen LogP contribution in [-0.2, 0) is 11.3 Å². The monoisotopic (exact) mass is 545 g/mol. The highest BCUT2D eigenvalue weighted by Crippen LogP contribution is 2.30. The molecular formula is C32H31N7O2. The average Bonchev–Trinajstić information content (AvgIpc) is 3.46. The van der Waals surface area contributed by atoms with E-state index < -0.39 is 0 Å². The van der Waals surface area contributed by atoms with Crippen molar-refractivity contribution >= 4 is 34.5 Å². The first-order valence-electron chi connectivity index (χ1n) is 13.7. The Kier molecular flexibility index (Phi) is 7.57. The second-order valence-electron chi connectivity index (χ2n) is 9.91. The topological polar surface area (TPSA) is 97.2 Å². The molecule has 0 aliphatic carbocycles. The third-order valence-electron chi connectivity index (χ3n) is 7.09. The minimum absolute atomic E-state index is 0.0526. The Morgan fingerprint density at radius 3 is 2.46 bits per heavy atom. The number of carbonyl (C=O) groups excluding carboxylic acids is 1. The summed E-state index contributed by atoms with van der Waals surface area (Å²) in [7, 11) is 0. The van der Waals surface area contributed by atoms with Gasteiger partial charge in [0.05, 0.1) is 12.4 Å². The predicted octanol–water partition coefficient (Wildman–Crippen LogP) is 6.32. The molecule has 5 aromatic rings. The standard InChI is InChI=1S/C32H31N7O2/c1-2-28(40)38-19-9-12-25(21-38)39-22-34-29-30(33-20-23-10-5-3-6-11-23)36-32(37-31(29)39)35-24-15-17-27(18-16-24)41-26-13-7-4-8-14-26/h2-8,10-11,13-18,22,25H,1,9,12,19-21H2,(H2,33,35,36,37)/t25-/m0/s1. The van der Waals surface area contributed by atoms with Gasteiger partial charge in [0.25, 0.3) is 0 Å². The summed E-state index contributed by atoms with van der Waals surface area (Å²) in [4.78, 5) is 28.6. The van der Waals surface area contributed by atoms with E-state index in [0.29, 0.717) is 36.0 Å². The van der Waals surface area contributed by atoms with Gasteiger partial charge in [0.1, 0.15) is 11.5 Å². The van der Waals surface area contributed by atoms with E-state index in [0.717, 1.165) is 42.1 Å². The van der Waals surface area contributed by atoms with E-state index in [1.54, 1.807) is 6.33 Å². The van der Waals surface area contributed by atoms with Crippen LogP contribution in [0.3, 0.4) is 0 Å². The number of rotatable bonds is 9. The molecule has 206 valence electrons. The van der Waals surface area contributed by atoms with E-state index in [-0.39, 0.29) is 11.9 Å². The van der Waals surface area contributed by atoms with Crippen molar-refractivity contribution in [2.45, 2.75) is 25.4 Å². The van der Waals surface area contributed by atoms with Gasteiger partial charge >= 0.3 is 0 Å². The lowest BCUT2D eigenvalue weighted by atomic mass is 10.1. The Balaban J connectivity index is 1.29. The molecule has 6 rings (SSSR count). The number of benzene rings is 3. The molecule has 0 unspecified atom stereocenters. The highest BCUT2D eigenvalue weighted by molar-refractivity contribution is 5.87. The number of aromatic nitrogens is 4. The number of hydrogen-bond acceptors (Lipinski definition) is 7. The molecule has 1 aliphatic heterocycles. The van der Waals surface area contributed by atoms with Gasteiger partial charge in [-0.15, -0.1) is 0 Å². The highest BCUT2D eigenvalue weighted by Gasteiger charge is 2.26. The maximum atomic E-state index is 12.3. The zero-order valence-corrected chi connectivity index (χ0v) is 22.6. The van der Waals surface area contributed by atoms with Gasteiger partial charge in [0.15, 0.2) is 17.0 Å². The molecule has 41 heavy (non-hydrogen) atoms. The number of hydrogen-bond donors (Lipinski definition) is 2. The van der Waals surface area contributed by atoms with Gasteiger partial charge in [-0.1, -0.05) is 55.1 Å². The molecule has 0 saturated carbocycles. The minimum atomic E-state index is -0.0546. The second kappa shape index (κ2) is 11.9. The van der Waals surface area contributed by atoms with Gasteiger partial charge in [-0.05, 0) is 60.9 Å². The Bertz CT molecular complexity index is 1640. The molecule has 1 fully saturated rings. The van der Waals surface area contributed by atoms with E-state index in [1.807, 2.05) is 77.7 Å². The van der Waals surface area contributed by atoms with Crippen molar-refractivity contribution in [3.8, 4) is 11.5 Å². The molecule has 0 radical (unpaired) electrons. The van der Waals surface area contributed by atoms with Gasteiger partial charge < -0.3 is 24.8 Å². The molecule has 1 atom stereocenters. The summed E-state index contributed by atoms with van der Waals surface area (Å²) >= 11 is 0. The van der Waals surface area contributed by atoms with Crippen LogP contribution in [0.5, 0.6) is 11.5 Å². The van der Waals surface area contributed by atoms with E-state index in [2.05, 4.69) is 33.9 Å². The van der Waals surface area contributed by atoms with Crippen LogP contribution in [0.25, 0.3) is 11.2 Å². The van der Waals surface area contributed by atoms with Gasteiger partial charge in [-0.25, -0.2) is 4.98 Å². The number of nitrogens with one attached hydrogen (secondary N) is 2. The molecule has 3 heterocycles. The van der Waals surface area contributed by atoms with Crippen LogP contribution in [0.2, 0.25) is 0 Å². The summed E-state index contributed by atoms with van der Waals surface area (Å²) in [6.45, 7) is 5.55.